The number of alkyl halides is 3. The standard InChI is InChI=1S/C15H16F3N3O3/c16-15(17,18)10-3-1-2-4-11(10)20-13(23)14(24)21-12(22)9-5-7-19-8-6-9/h1-4,9,19H,5-8H2,(H,20,23)(H,21,22,24). The van der Waals surface area contributed by atoms with Gasteiger partial charge in [-0.05, 0) is 38.1 Å². The molecule has 0 spiro atoms. The van der Waals surface area contributed by atoms with Crippen molar-refractivity contribution in [3.05, 3.63) is 29.8 Å². The maximum absolute atomic E-state index is 12.8. The minimum atomic E-state index is -4.68. The fraction of sp³-hybridized carbons (Fsp3) is 0.400. The van der Waals surface area contributed by atoms with Crippen LogP contribution >= 0.6 is 0 Å². The number of hydrogen-bond donors (Lipinski definition) is 3. The normalized spacial score (nSPS) is 15.6. The van der Waals surface area contributed by atoms with Crippen molar-refractivity contribution in [2.45, 2.75) is 19.0 Å². The molecule has 0 saturated carbocycles. The maximum Gasteiger partial charge on any atom is 0.418 e. The number of rotatable bonds is 2. The third kappa shape index (κ3) is 4.54. The van der Waals surface area contributed by atoms with E-state index in [1.807, 2.05) is 10.6 Å². The minimum absolute atomic E-state index is 0.398. The van der Waals surface area contributed by atoms with Crippen molar-refractivity contribution in [1.29, 1.82) is 0 Å². The monoisotopic (exact) mass is 343 g/mol. The van der Waals surface area contributed by atoms with Gasteiger partial charge in [0.05, 0.1) is 11.3 Å². The second-order valence-corrected chi connectivity index (χ2v) is 5.34. The van der Waals surface area contributed by atoms with Gasteiger partial charge in [-0.2, -0.15) is 13.2 Å². The largest absolute Gasteiger partial charge is 0.418 e. The molecule has 3 N–H and O–H groups in total. The molecule has 0 aromatic heterocycles. The van der Waals surface area contributed by atoms with Crippen molar-refractivity contribution in [1.82, 2.24) is 10.6 Å². The molecule has 130 valence electrons. The molecule has 0 atom stereocenters. The first kappa shape index (κ1) is 17.9. The van der Waals surface area contributed by atoms with E-state index in [1.54, 1.807) is 0 Å². The summed E-state index contributed by atoms with van der Waals surface area (Å²) in [4.78, 5) is 35.3. The van der Waals surface area contributed by atoms with Crippen LogP contribution in [0.25, 0.3) is 0 Å². The Morgan fingerprint density at radius 2 is 1.67 bits per heavy atom. The van der Waals surface area contributed by atoms with E-state index in [9.17, 15) is 27.6 Å². The SMILES string of the molecule is O=C(NC(=O)C1CCNCC1)C(=O)Nc1ccccc1C(F)(F)F. The lowest BCUT2D eigenvalue weighted by molar-refractivity contribution is -0.141. The Morgan fingerprint density at radius 1 is 1.04 bits per heavy atom. The van der Waals surface area contributed by atoms with Gasteiger partial charge in [-0.3, -0.25) is 19.7 Å². The van der Waals surface area contributed by atoms with Crippen LogP contribution in [0, 0.1) is 5.92 Å². The highest BCUT2D eigenvalue weighted by atomic mass is 19.4. The second kappa shape index (κ2) is 7.43. The molecule has 1 heterocycles. The van der Waals surface area contributed by atoms with Crippen LogP contribution in [0.4, 0.5) is 18.9 Å². The summed E-state index contributed by atoms with van der Waals surface area (Å²) in [5.41, 5.74) is -1.62. The van der Waals surface area contributed by atoms with Gasteiger partial charge in [-0.15, -0.1) is 0 Å². The summed E-state index contributed by atoms with van der Waals surface area (Å²) in [6.45, 7) is 1.24. The number of anilines is 1. The Kier molecular flexibility index (Phi) is 5.55. The first-order valence-corrected chi connectivity index (χ1v) is 7.32. The lowest BCUT2D eigenvalue weighted by atomic mass is 9.97. The van der Waals surface area contributed by atoms with E-state index >= 15 is 0 Å². The zero-order valence-corrected chi connectivity index (χ0v) is 12.6. The summed E-state index contributed by atoms with van der Waals surface area (Å²) >= 11 is 0. The van der Waals surface area contributed by atoms with Crippen LogP contribution < -0.4 is 16.0 Å². The molecule has 0 bridgehead atoms. The second-order valence-electron chi connectivity index (χ2n) is 5.34. The molecule has 3 amide bonds. The van der Waals surface area contributed by atoms with Gasteiger partial charge in [0, 0.05) is 5.92 Å². The number of para-hydroxylation sites is 1. The highest BCUT2D eigenvalue weighted by Gasteiger charge is 2.34. The topological polar surface area (TPSA) is 87.3 Å². The van der Waals surface area contributed by atoms with Crippen molar-refractivity contribution in [3.8, 4) is 0 Å². The number of amides is 3. The van der Waals surface area contributed by atoms with E-state index in [0.717, 1.165) is 12.1 Å². The smallest absolute Gasteiger partial charge is 0.317 e. The molecular formula is C15H16F3N3O3. The van der Waals surface area contributed by atoms with E-state index in [-0.39, 0.29) is 0 Å². The fourth-order valence-corrected chi connectivity index (χ4v) is 2.37. The van der Waals surface area contributed by atoms with Crippen LogP contribution in [-0.2, 0) is 20.6 Å². The van der Waals surface area contributed by atoms with Crippen molar-refractivity contribution in [2.75, 3.05) is 18.4 Å². The van der Waals surface area contributed by atoms with Crippen molar-refractivity contribution < 1.29 is 27.6 Å². The van der Waals surface area contributed by atoms with Gasteiger partial charge in [0.15, 0.2) is 0 Å². The number of halogens is 3. The van der Waals surface area contributed by atoms with Crippen molar-refractivity contribution in [2.24, 2.45) is 5.92 Å². The molecule has 9 heteroatoms. The Balaban J connectivity index is 1.99. The van der Waals surface area contributed by atoms with Gasteiger partial charge in [-0.25, -0.2) is 0 Å². The summed E-state index contributed by atoms with van der Waals surface area (Å²) < 4.78 is 38.5. The molecule has 1 fully saturated rings. The van der Waals surface area contributed by atoms with Crippen LogP contribution in [-0.4, -0.2) is 30.8 Å². The Labute approximate surface area is 135 Å². The van der Waals surface area contributed by atoms with E-state index in [4.69, 9.17) is 0 Å². The van der Waals surface area contributed by atoms with Gasteiger partial charge in [0.25, 0.3) is 0 Å². The Bertz CT molecular complexity index is 640. The Hall–Kier alpha value is -2.42. The predicted molar refractivity (Wildman–Crippen MR) is 78.8 cm³/mol. The van der Waals surface area contributed by atoms with Crippen LogP contribution in [0.5, 0.6) is 0 Å². The molecule has 6 nitrogen and oxygen atoms in total. The van der Waals surface area contributed by atoms with Gasteiger partial charge < -0.3 is 10.6 Å². The molecule has 0 radical (unpaired) electrons. The summed E-state index contributed by atoms with van der Waals surface area (Å²) in [5, 5.41) is 6.87. The van der Waals surface area contributed by atoms with Gasteiger partial charge >= 0.3 is 18.0 Å². The maximum atomic E-state index is 12.8. The highest BCUT2D eigenvalue weighted by molar-refractivity contribution is 6.42. The average Bonchev–Trinajstić information content (AvgIpc) is 2.55. The van der Waals surface area contributed by atoms with Gasteiger partial charge in [-0.1, -0.05) is 12.1 Å². The molecule has 1 aliphatic heterocycles. The number of nitrogens with one attached hydrogen (secondary N) is 3. The lowest BCUT2D eigenvalue weighted by Gasteiger charge is -2.21. The van der Waals surface area contributed by atoms with Crippen molar-refractivity contribution >= 4 is 23.4 Å². The molecule has 1 aliphatic rings. The fourth-order valence-electron chi connectivity index (χ4n) is 2.37. The number of hydrogen-bond acceptors (Lipinski definition) is 4. The van der Waals surface area contributed by atoms with Gasteiger partial charge in [0.2, 0.25) is 5.91 Å². The molecule has 1 aromatic rings. The number of carbonyl (C=O) groups is 3. The molecule has 0 aliphatic carbocycles. The number of benzene rings is 1. The van der Waals surface area contributed by atoms with Gasteiger partial charge in [0.1, 0.15) is 0 Å². The van der Waals surface area contributed by atoms with Crippen molar-refractivity contribution in [3.63, 3.8) is 0 Å². The molecule has 1 saturated heterocycles. The summed E-state index contributed by atoms with van der Waals surface area (Å²) in [5.74, 6) is -3.60. The molecule has 24 heavy (non-hydrogen) atoms. The minimum Gasteiger partial charge on any atom is -0.317 e. The van der Waals surface area contributed by atoms with E-state index in [1.165, 1.54) is 12.1 Å². The quantitative estimate of drug-likeness (QED) is 0.706. The molecule has 0 unspecified atom stereocenters. The zero-order chi connectivity index (χ0) is 17.7. The number of imide groups is 1. The predicted octanol–water partition coefficient (Wildman–Crippen LogP) is 1.29. The highest BCUT2D eigenvalue weighted by Crippen LogP contribution is 2.34. The summed E-state index contributed by atoms with van der Waals surface area (Å²) in [6, 6.07) is 4.28. The zero-order valence-electron chi connectivity index (χ0n) is 12.6. The van der Waals surface area contributed by atoms with Crippen LogP contribution in [0.1, 0.15) is 18.4 Å². The third-order valence-electron chi connectivity index (χ3n) is 3.63. The molecule has 1 aromatic carbocycles. The first-order chi connectivity index (χ1) is 11.3. The van der Waals surface area contributed by atoms with E-state index in [2.05, 4.69) is 5.32 Å². The third-order valence-corrected chi connectivity index (χ3v) is 3.63. The molecule has 2 rings (SSSR count). The summed E-state index contributed by atoms with van der Waals surface area (Å²) in [7, 11) is 0. The van der Waals surface area contributed by atoms with Crippen LogP contribution in [0.15, 0.2) is 24.3 Å². The van der Waals surface area contributed by atoms with Crippen LogP contribution in [0.3, 0.4) is 0 Å². The Morgan fingerprint density at radius 3 is 2.29 bits per heavy atom. The van der Waals surface area contributed by atoms with Crippen LogP contribution in [0.2, 0.25) is 0 Å². The number of carbonyl (C=O) groups excluding carboxylic acids is 3. The average molecular weight is 343 g/mol. The van der Waals surface area contributed by atoms with E-state index < -0.39 is 41.1 Å². The molecular weight excluding hydrogens is 327 g/mol. The first-order valence-electron chi connectivity index (χ1n) is 7.32. The number of piperidine rings is 1. The summed E-state index contributed by atoms with van der Waals surface area (Å²) in [6.07, 6.45) is -3.62. The van der Waals surface area contributed by atoms with E-state index in [0.29, 0.717) is 25.9 Å². The lowest BCUT2D eigenvalue weighted by Crippen LogP contribution is -2.44.